The predicted molar refractivity (Wildman–Crippen MR) is 121 cm³/mol. The number of likely N-dealkylation sites (tertiary alicyclic amines) is 1. The molecule has 2 amide bonds. The number of rotatable bonds is 4. The molecule has 0 unspecified atom stereocenters. The van der Waals surface area contributed by atoms with Gasteiger partial charge in [0.25, 0.3) is 5.91 Å². The SMILES string of the molecule is Cc1ccccc1CNC(=O)c1cncc(N2C[C@@H]3CCN(C(=O)OC(C)(C)C)[C@@H]3C2)n1. The maximum absolute atomic E-state index is 12.7. The number of hydrogen-bond donors (Lipinski definition) is 1. The van der Waals surface area contributed by atoms with Gasteiger partial charge in [0.2, 0.25) is 0 Å². The number of aryl methyl sites for hydroxylation is 1. The molecule has 0 bridgehead atoms. The van der Waals surface area contributed by atoms with Crippen LogP contribution in [0.1, 0.15) is 48.8 Å². The topological polar surface area (TPSA) is 87.7 Å². The van der Waals surface area contributed by atoms with Crippen LogP contribution in [0.4, 0.5) is 10.6 Å². The highest BCUT2D eigenvalue weighted by Gasteiger charge is 2.45. The third-order valence-electron chi connectivity index (χ3n) is 6.05. The zero-order valence-electron chi connectivity index (χ0n) is 19.2. The van der Waals surface area contributed by atoms with Crippen molar-refractivity contribution in [1.29, 1.82) is 0 Å². The second kappa shape index (κ2) is 8.76. The minimum atomic E-state index is -0.515. The van der Waals surface area contributed by atoms with Crippen molar-refractivity contribution in [1.82, 2.24) is 20.2 Å². The molecular weight excluding hydrogens is 406 g/mol. The standard InChI is InChI=1S/C24H31N5O3/c1-16-7-5-6-8-17(16)11-26-22(30)19-12-25-13-21(27-19)28-14-18-9-10-29(20(18)15-28)23(31)32-24(2,3)4/h5-8,12-13,18,20H,9-11,14-15H2,1-4H3,(H,26,30)/t18-,20+/m0/s1. The minimum absolute atomic E-state index is 0.0881. The average molecular weight is 438 g/mol. The summed E-state index contributed by atoms with van der Waals surface area (Å²) in [5.74, 6) is 0.771. The molecule has 1 aromatic carbocycles. The fourth-order valence-electron chi connectivity index (χ4n) is 4.39. The third-order valence-corrected chi connectivity index (χ3v) is 6.05. The Kier molecular flexibility index (Phi) is 6.04. The van der Waals surface area contributed by atoms with E-state index in [1.165, 1.54) is 6.20 Å². The highest BCUT2D eigenvalue weighted by atomic mass is 16.6. The quantitative estimate of drug-likeness (QED) is 0.791. The maximum atomic E-state index is 12.7. The van der Waals surface area contributed by atoms with Crippen molar-refractivity contribution in [3.63, 3.8) is 0 Å². The van der Waals surface area contributed by atoms with Gasteiger partial charge < -0.3 is 19.9 Å². The van der Waals surface area contributed by atoms with E-state index < -0.39 is 5.60 Å². The molecule has 2 aromatic rings. The van der Waals surface area contributed by atoms with Gasteiger partial charge in [-0.15, -0.1) is 0 Å². The molecule has 2 fully saturated rings. The first-order valence-electron chi connectivity index (χ1n) is 11.1. The van der Waals surface area contributed by atoms with Crippen molar-refractivity contribution in [3.8, 4) is 0 Å². The first-order valence-corrected chi connectivity index (χ1v) is 11.1. The lowest BCUT2D eigenvalue weighted by Crippen LogP contribution is -2.42. The summed E-state index contributed by atoms with van der Waals surface area (Å²) in [7, 11) is 0. The van der Waals surface area contributed by atoms with Crippen LogP contribution in [-0.2, 0) is 11.3 Å². The Morgan fingerprint density at radius 1 is 1.19 bits per heavy atom. The van der Waals surface area contributed by atoms with Crippen LogP contribution in [0.2, 0.25) is 0 Å². The van der Waals surface area contributed by atoms with Crippen LogP contribution in [0.15, 0.2) is 36.7 Å². The van der Waals surface area contributed by atoms with Crippen LogP contribution in [0.5, 0.6) is 0 Å². The van der Waals surface area contributed by atoms with Gasteiger partial charge in [0.1, 0.15) is 17.1 Å². The molecule has 0 aliphatic carbocycles. The lowest BCUT2D eigenvalue weighted by Gasteiger charge is -2.28. The summed E-state index contributed by atoms with van der Waals surface area (Å²) in [5, 5.41) is 2.93. The molecule has 170 valence electrons. The van der Waals surface area contributed by atoms with Crippen molar-refractivity contribution >= 4 is 17.8 Å². The largest absolute Gasteiger partial charge is 0.444 e. The van der Waals surface area contributed by atoms with E-state index in [0.29, 0.717) is 31.4 Å². The zero-order valence-corrected chi connectivity index (χ0v) is 19.2. The average Bonchev–Trinajstić information content (AvgIpc) is 3.32. The molecule has 2 aliphatic rings. The van der Waals surface area contributed by atoms with Gasteiger partial charge in [-0.05, 0) is 45.2 Å². The van der Waals surface area contributed by atoms with E-state index in [2.05, 4.69) is 20.2 Å². The summed E-state index contributed by atoms with van der Waals surface area (Å²) >= 11 is 0. The van der Waals surface area contributed by atoms with Crippen LogP contribution in [0.3, 0.4) is 0 Å². The Morgan fingerprint density at radius 2 is 1.97 bits per heavy atom. The fourth-order valence-corrected chi connectivity index (χ4v) is 4.39. The monoisotopic (exact) mass is 437 g/mol. The van der Waals surface area contributed by atoms with Crippen molar-refractivity contribution in [2.75, 3.05) is 24.5 Å². The molecular formula is C24H31N5O3. The molecule has 8 heteroatoms. The Labute approximate surface area is 189 Å². The highest BCUT2D eigenvalue weighted by molar-refractivity contribution is 5.92. The van der Waals surface area contributed by atoms with Crippen LogP contribution in [-0.4, -0.2) is 58.1 Å². The normalized spacial score (nSPS) is 20.2. The molecule has 1 aromatic heterocycles. The second-order valence-electron chi connectivity index (χ2n) is 9.57. The van der Waals surface area contributed by atoms with Gasteiger partial charge in [0.05, 0.1) is 18.4 Å². The summed E-state index contributed by atoms with van der Waals surface area (Å²) in [6.45, 7) is 10.3. The first-order chi connectivity index (χ1) is 15.2. The first kappa shape index (κ1) is 22.0. The van der Waals surface area contributed by atoms with Gasteiger partial charge in [0, 0.05) is 32.1 Å². The van der Waals surface area contributed by atoms with Crippen LogP contribution >= 0.6 is 0 Å². The van der Waals surface area contributed by atoms with E-state index in [0.717, 1.165) is 24.1 Å². The van der Waals surface area contributed by atoms with Gasteiger partial charge in [-0.25, -0.2) is 9.78 Å². The van der Waals surface area contributed by atoms with E-state index in [1.54, 1.807) is 6.20 Å². The molecule has 2 saturated heterocycles. The maximum Gasteiger partial charge on any atom is 0.410 e. The van der Waals surface area contributed by atoms with Gasteiger partial charge in [-0.2, -0.15) is 0 Å². The number of anilines is 1. The molecule has 0 radical (unpaired) electrons. The number of benzene rings is 1. The molecule has 0 saturated carbocycles. The summed E-state index contributed by atoms with van der Waals surface area (Å²) in [6, 6.07) is 8.04. The van der Waals surface area contributed by atoms with Crippen LogP contribution in [0.25, 0.3) is 0 Å². The Bertz CT molecular complexity index is 1000. The molecule has 3 heterocycles. The zero-order chi connectivity index (χ0) is 22.9. The van der Waals surface area contributed by atoms with Gasteiger partial charge >= 0.3 is 6.09 Å². The number of carbonyl (C=O) groups is 2. The van der Waals surface area contributed by atoms with E-state index in [1.807, 2.05) is 56.9 Å². The number of carbonyl (C=O) groups excluding carboxylic acids is 2. The minimum Gasteiger partial charge on any atom is -0.444 e. The Morgan fingerprint density at radius 3 is 2.72 bits per heavy atom. The molecule has 2 aliphatic heterocycles. The van der Waals surface area contributed by atoms with Crippen molar-refractivity contribution < 1.29 is 14.3 Å². The molecule has 2 atom stereocenters. The number of ether oxygens (including phenoxy) is 1. The summed E-state index contributed by atoms with van der Waals surface area (Å²) in [6.07, 6.45) is 3.84. The second-order valence-corrected chi connectivity index (χ2v) is 9.57. The van der Waals surface area contributed by atoms with E-state index >= 15 is 0 Å². The van der Waals surface area contributed by atoms with E-state index in [9.17, 15) is 9.59 Å². The number of amides is 2. The molecule has 8 nitrogen and oxygen atoms in total. The van der Waals surface area contributed by atoms with Crippen LogP contribution in [0, 0.1) is 12.8 Å². The van der Waals surface area contributed by atoms with E-state index in [4.69, 9.17) is 4.74 Å². The van der Waals surface area contributed by atoms with Crippen LogP contribution < -0.4 is 10.2 Å². The van der Waals surface area contributed by atoms with Gasteiger partial charge in [0.15, 0.2) is 0 Å². The number of nitrogens with zero attached hydrogens (tertiary/aromatic N) is 4. The lowest BCUT2D eigenvalue weighted by atomic mass is 10.1. The fraction of sp³-hybridized carbons (Fsp3) is 0.500. The number of fused-ring (bicyclic) bond motifs is 1. The molecule has 32 heavy (non-hydrogen) atoms. The van der Waals surface area contributed by atoms with Crippen molar-refractivity contribution in [2.24, 2.45) is 5.92 Å². The summed E-state index contributed by atoms with van der Waals surface area (Å²) in [4.78, 5) is 38.0. The number of hydrogen-bond acceptors (Lipinski definition) is 6. The molecule has 4 rings (SSSR count). The molecule has 0 spiro atoms. The van der Waals surface area contributed by atoms with Crippen molar-refractivity contribution in [2.45, 2.75) is 52.3 Å². The third kappa shape index (κ3) is 4.84. The highest BCUT2D eigenvalue weighted by Crippen LogP contribution is 2.34. The Hall–Kier alpha value is -3.16. The summed E-state index contributed by atoms with van der Waals surface area (Å²) < 4.78 is 5.58. The lowest BCUT2D eigenvalue weighted by molar-refractivity contribution is 0.0229. The smallest absolute Gasteiger partial charge is 0.410 e. The van der Waals surface area contributed by atoms with Gasteiger partial charge in [-0.1, -0.05) is 24.3 Å². The summed E-state index contributed by atoms with van der Waals surface area (Å²) in [5.41, 5.74) is 1.97. The number of nitrogens with one attached hydrogen (secondary N) is 1. The molecule has 1 N–H and O–H groups in total. The van der Waals surface area contributed by atoms with E-state index in [-0.39, 0.29) is 23.7 Å². The predicted octanol–water partition coefficient (Wildman–Crippen LogP) is 3.16. The Balaban J connectivity index is 1.40. The van der Waals surface area contributed by atoms with Gasteiger partial charge in [-0.3, -0.25) is 9.78 Å². The number of aromatic nitrogens is 2. The van der Waals surface area contributed by atoms with Crippen molar-refractivity contribution in [3.05, 3.63) is 53.5 Å².